The minimum Gasteiger partial charge on any atom is -0.478 e. The third-order valence-electron chi connectivity index (χ3n) is 3.22. The lowest BCUT2D eigenvalue weighted by Crippen LogP contribution is -2.14. The molecule has 1 aromatic heterocycles. The van der Waals surface area contributed by atoms with Gasteiger partial charge in [-0.3, -0.25) is 0 Å². The van der Waals surface area contributed by atoms with Gasteiger partial charge >= 0.3 is 5.97 Å². The van der Waals surface area contributed by atoms with E-state index >= 15 is 0 Å². The molecular weight excluding hydrogens is 234 g/mol. The molecule has 0 aliphatic carbocycles. The van der Waals surface area contributed by atoms with E-state index < -0.39 is 5.97 Å². The number of nitrogens with zero attached hydrogens (tertiary/aromatic N) is 1. The van der Waals surface area contributed by atoms with Crippen LogP contribution in [0.4, 0.5) is 0 Å². The van der Waals surface area contributed by atoms with Crippen molar-refractivity contribution >= 4 is 17.1 Å². The van der Waals surface area contributed by atoms with Crippen molar-refractivity contribution in [1.29, 1.82) is 0 Å². The third kappa shape index (κ3) is 1.97. The van der Waals surface area contributed by atoms with Crippen LogP contribution in [0.25, 0.3) is 11.1 Å². The molecule has 0 spiro atoms. The summed E-state index contributed by atoms with van der Waals surface area (Å²) < 4.78 is 11.0. The van der Waals surface area contributed by atoms with Crippen molar-refractivity contribution in [3.8, 4) is 0 Å². The van der Waals surface area contributed by atoms with Gasteiger partial charge in [-0.15, -0.1) is 0 Å². The van der Waals surface area contributed by atoms with E-state index in [-0.39, 0.29) is 11.5 Å². The SMILES string of the molecule is O=C(O)c1ccc2oc(C3CCOCC3)nc2c1. The Kier molecular flexibility index (Phi) is 2.76. The molecule has 0 saturated carbocycles. The summed E-state index contributed by atoms with van der Waals surface area (Å²) in [5.41, 5.74) is 1.48. The average Bonchev–Trinajstić information content (AvgIpc) is 2.82. The molecule has 3 rings (SSSR count). The van der Waals surface area contributed by atoms with Crippen LogP contribution in [0.2, 0.25) is 0 Å². The maximum absolute atomic E-state index is 10.9. The number of hydrogen-bond donors (Lipinski definition) is 1. The van der Waals surface area contributed by atoms with E-state index in [0.29, 0.717) is 17.0 Å². The maximum Gasteiger partial charge on any atom is 0.335 e. The Morgan fingerprint density at radius 3 is 2.83 bits per heavy atom. The van der Waals surface area contributed by atoms with E-state index in [1.807, 2.05) is 0 Å². The van der Waals surface area contributed by atoms with Crippen molar-refractivity contribution in [2.45, 2.75) is 18.8 Å². The fourth-order valence-electron chi connectivity index (χ4n) is 2.20. The fraction of sp³-hybridized carbons (Fsp3) is 0.385. The molecule has 0 amide bonds. The lowest BCUT2D eigenvalue weighted by Gasteiger charge is -2.18. The lowest BCUT2D eigenvalue weighted by atomic mass is 10.0. The highest BCUT2D eigenvalue weighted by Gasteiger charge is 2.21. The largest absolute Gasteiger partial charge is 0.478 e. The van der Waals surface area contributed by atoms with Gasteiger partial charge < -0.3 is 14.3 Å². The average molecular weight is 247 g/mol. The van der Waals surface area contributed by atoms with Crippen molar-refractivity contribution in [3.05, 3.63) is 29.7 Å². The number of oxazole rings is 1. The number of benzene rings is 1. The van der Waals surface area contributed by atoms with Crippen LogP contribution in [-0.4, -0.2) is 29.3 Å². The molecule has 18 heavy (non-hydrogen) atoms. The number of aromatic nitrogens is 1. The van der Waals surface area contributed by atoms with Crippen LogP contribution in [0, 0.1) is 0 Å². The van der Waals surface area contributed by atoms with Crippen molar-refractivity contribution in [2.24, 2.45) is 0 Å². The predicted molar refractivity (Wildman–Crippen MR) is 63.8 cm³/mol. The molecule has 1 saturated heterocycles. The standard InChI is InChI=1S/C13H13NO4/c15-13(16)9-1-2-11-10(7-9)14-12(18-11)8-3-5-17-6-4-8/h1-2,7-8H,3-6H2,(H,15,16). The monoisotopic (exact) mass is 247 g/mol. The van der Waals surface area contributed by atoms with Crippen molar-refractivity contribution in [2.75, 3.05) is 13.2 Å². The smallest absolute Gasteiger partial charge is 0.335 e. The summed E-state index contributed by atoms with van der Waals surface area (Å²) in [5, 5.41) is 8.92. The number of rotatable bonds is 2. The zero-order valence-corrected chi connectivity index (χ0v) is 9.76. The summed E-state index contributed by atoms with van der Waals surface area (Å²) in [4.78, 5) is 15.3. The molecule has 0 radical (unpaired) electrons. The van der Waals surface area contributed by atoms with Gasteiger partial charge in [0.25, 0.3) is 0 Å². The molecule has 5 heteroatoms. The molecule has 1 N–H and O–H groups in total. The van der Waals surface area contributed by atoms with E-state index in [0.717, 1.165) is 26.1 Å². The Bertz CT molecular complexity index is 584. The summed E-state index contributed by atoms with van der Waals surface area (Å²) in [7, 11) is 0. The topological polar surface area (TPSA) is 72.6 Å². The van der Waals surface area contributed by atoms with E-state index in [9.17, 15) is 4.79 Å². The van der Waals surface area contributed by atoms with Crippen LogP contribution < -0.4 is 0 Å². The summed E-state index contributed by atoms with van der Waals surface area (Å²) in [5.74, 6) is 0.0165. The third-order valence-corrected chi connectivity index (χ3v) is 3.22. The maximum atomic E-state index is 10.9. The zero-order valence-electron chi connectivity index (χ0n) is 9.76. The molecular formula is C13H13NO4. The van der Waals surface area contributed by atoms with Crippen LogP contribution in [-0.2, 0) is 4.74 Å². The molecule has 1 aliphatic heterocycles. The van der Waals surface area contributed by atoms with Crippen LogP contribution >= 0.6 is 0 Å². The molecule has 1 fully saturated rings. The molecule has 0 bridgehead atoms. The first kappa shape index (κ1) is 11.2. The number of carboxylic acid groups (broad SMARTS) is 1. The summed E-state index contributed by atoms with van der Waals surface area (Å²) in [6, 6.07) is 4.74. The summed E-state index contributed by atoms with van der Waals surface area (Å²) in [6.45, 7) is 1.45. The Morgan fingerprint density at radius 1 is 1.33 bits per heavy atom. The van der Waals surface area contributed by atoms with E-state index in [2.05, 4.69) is 4.98 Å². The van der Waals surface area contributed by atoms with Gasteiger partial charge in [0.15, 0.2) is 11.5 Å². The second-order valence-corrected chi connectivity index (χ2v) is 4.43. The molecule has 94 valence electrons. The number of carboxylic acids is 1. The Balaban J connectivity index is 1.97. The predicted octanol–water partition coefficient (Wildman–Crippen LogP) is 2.42. The molecule has 1 aromatic carbocycles. The van der Waals surface area contributed by atoms with Crippen LogP contribution in [0.5, 0.6) is 0 Å². The number of aromatic carboxylic acids is 1. The van der Waals surface area contributed by atoms with Gasteiger partial charge in [-0.25, -0.2) is 9.78 Å². The van der Waals surface area contributed by atoms with Crippen LogP contribution in [0.3, 0.4) is 0 Å². The highest BCUT2D eigenvalue weighted by Crippen LogP contribution is 2.29. The number of hydrogen-bond acceptors (Lipinski definition) is 4. The second kappa shape index (κ2) is 4.42. The van der Waals surface area contributed by atoms with Crippen LogP contribution in [0.15, 0.2) is 22.6 Å². The normalized spacial score (nSPS) is 17.1. The minimum absolute atomic E-state index is 0.231. The number of carbonyl (C=O) groups is 1. The van der Waals surface area contributed by atoms with E-state index in [4.69, 9.17) is 14.3 Å². The van der Waals surface area contributed by atoms with Crippen molar-refractivity contribution in [3.63, 3.8) is 0 Å². The molecule has 0 unspecified atom stereocenters. The highest BCUT2D eigenvalue weighted by molar-refractivity contribution is 5.91. The number of ether oxygens (including phenoxy) is 1. The van der Waals surface area contributed by atoms with Gasteiger partial charge in [-0.05, 0) is 31.0 Å². The van der Waals surface area contributed by atoms with Gasteiger partial charge in [-0.2, -0.15) is 0 Å². The summed E-state index contributed by atoms with van der Waals surface area (Å²) >= 11 is 0. The first-order chi connectivity index (χ1) is 8.74. The van der Waals surface area contributed by atoms with Crippen LogP contribution in [0.1, 0.15) is 35.0 Å². The van der Waals surface area contributed by atoms with Gasteiger partial charge in [0, 0.05) is 19.1 Å². The lowest BCUT2D eigenvalue weighted by molar-refractivity contribution is 0.0697. The van der Waals surface area contributed by atoms with Gasteiger partial charge in [-0.1, -0.05) is 0 Å². The fourth-order valence-corrected chi connectivity index (χ4v) is 2.20. The zero-order chi connectivity index (χ0) is 12.5. The molecule has 2 aromatic rings. The molecule has 2 heterocycles. The van der Waals surface area contributed by atoms with Gasteiger partial charge in [0.2, 0.25) is 0 Å². The minimum atomic E-state index is -0.951. The van der Waals surface area contributed by atoms with E-state index in [1.165, 1.54) is 6.07 Å². The quantitative estimate of drug-likeness (QED) is 0.882. The van der Waals surface area contributed by atoms with E-state index in [1.54, 1.807) is 12.1 Å². The Labute approximate surface area is 103 Å². The molecule has 5 nitrogen and oxygen atoms in total. The van der Waals surface area contributed by atoms with Gasteiger partial charge in [0.05, 0.1) is 5.56 Å². The second-order valence-electron chi connectivity index (χ2n) is 4.43. The Hall–Kier alpha value is -1.88. The summed E-state index contributed by atoms with van der Waals surface area (Å²) in [6.07, 6.45) is 1.80. The first-order valence-electron chi connectivity index (χ1n) is 5.95. The van der Waals surface area contributed by atoms with Crippen molar-refractivity contribution < 1.29 is 19.1 Å². The Morgan fingerprint density at radius 2 is 2.11 bits per heavy atom. The van der Waals surface area contributed by atoms with Gasteiger partial charge in [0.1, 0.15) is 5.52 Å². The first-order valence-corrected chi connectivity index (χ1v) is 5.95. The number of fused-ring (bicyclic) bond motifs is 1. The molecule has 1 aliphatic rings. The van der Waals surface area contributed by atoms with Crippen molar-refractivity contribution in [1.82, 2.24) is 4.98 Å². The molecule has 0 atom stereocenters. The highest BCUT2D eigenvalue weighted by atomic mass is 16.5.